The fraction of sp³-hybridized carbons (Fsp3) is 0.625. The summed E-state index contributed by atoms with van der Waals surface area (Å²) in [5.74, 6) is 0.150. The topological polar surface area (TPSA) is 59.2 Å². The second-order valence-electron chi connectivity index (χ2n) is 5.24. The third-order valence-corrected chi connectivity index (χ3v) is 3.84. The molecule has 2 N–H and O–H groups in total. The third kappa shape index (κ3) is 3.57. The molecule has 112 valence electrons. The SMILES string of the molecule is CCCC(CN)(CCC)C(=O)N(CC)c1ccncc1. The fourth-order valence-corrected chi connectivity index (χ4v) is 2.84. The van der Waals surface area contributed by atoms with Crippen molar-refractivity contribution in [2.24, 2.45) is 11.1 Å². The predicted molar refractivity (Wildman–Crippen MR) is 83.6 cm³/mol. The first-order valence-corrected chi connectivity index (χ1v) is 7.57. The van der Waals surface area contributed by atoms with Crippen molar-refractivity contribution in [3.63, 3.8) is 0 Å². The Balaban J connectivity index is 3.08. The molecule has 0 radical (unpaired) electrons. The summed E-state index contributed by atoms with van der Waals surface area (Å²) < 4.78 is 0. The monoisotopic (exact) mass is 277 g/mol. The summed E-state index contributed by atoms with van der Waals surface area (Å²) in [7, 11) is 0. The van der Waals surface area contributed by atoms with Gasteiger partial charge in [0.1, 0.15) is 0 Å². The third-order valence-electron chi connectivity index (χ3n) is 3.84. The predicted octanol–water partition coefficient (Wildman–Crippen LogP) is 2.98. The number of rotatable bonds is 8. The van der Waals surface area contributed by atoms with E-state index in [1.807, 2.05) is 24.0 Å². The Morgan fingerprint density at radius 2 is 1.75 bits per heavy atom. The lowest BCUT2D eigenvalue weighted by atomic mass is 9.77. The van der Waals surface area contributed by atoms with Gasteiger partial charge in [0.15, 0.2) is 0 Å². The summed E-state index contributed by atoms with van der Waals surface area (Å²) >= 11 is 0. The van der Waals surface area contributed by atoms with E-state index in [0.717, 1.165) is 31.4 Å². The lowest BCUT2D eigenvalue weighted by Crippen LogP contribution is -2.48. The van der Waals surface area contributed by atoms with Crippen molar-refractivity contribution in [3.8, 4) is 0 Å². The molecule has 0 aromatic carbocycles. The van der Waals surface area contributed by atoms with Crippen LogP contribution in [0, 0.1) is 5.41 Å². The number of nitrogens with two attached hydrogens (primary N) is 1. The maximum atomic E-state index is 13.0. The number of aromatic nitrogens is 1. The Bertz CT molecular complexity index is 399. The molecule has 0 fully saturated rings. The van der Waals surface area contributed by atoms with E-state index >= 15 is 0 Å². The largest absolute Gasteiger partial charge is 0.329 e. The van der Waals surface area contributed by atoms with Crippen LogP contribution >= 0.6 is 0 Å². The first-order chi connectivity index (χ1) is 9.65. The summed E-state index contributed by atoms with van der Waals surface area (Å²) in [6, 6.07) is 3.75. The number of amides is 1. The Morgan fingerprint density at radius 3 is 2.15 bits per heavy atom. The molecular formula is C16H27N3O. The van der Waals surface area contributed by atoms with E-state index in [1.165, 1.54) is 0 Å². The zero-order valence-corrected chi connectivity index (χ0v) is 12.9. The molecule has 1 heterocycles. The van der Waals surface area contributed by atoms with E-state index in [2.05, 4.69) is 18.8 Å². The minimum absolute atomic E-state index is 0.150. The van der Waals surface area contributed by atoms with Crippen molar-refractivity contribution >= 4 is 11.6 Å². The molecule has 1 rings (SSSR count). The first-order valence-electron chi connectivity index (χ1n) is 7.57. The van der Waals surface area contributed by atoms with Crippen LogP contribution < -0.4 is 10.6 Å². The van der Waals surface area contributed by atoms with Gasteiger partial charge in [-0.15, -0.1) is 0 Å². The Labute approximate surface area is 122 Å². The molecule has 0 unspecified atom stereocenters. The molecule has 4 heteroatoms. The molecule has 0 aliphatic heterocycles. The first kappa shape index (κ1) is 16.6. The highest BCUT2D eigenvalue weighted by Crippen LogP contribution is 2.32. The van der Waals surface area contributed by atoms with Gasteiger partial charge in [-0.05, 0) is 31.9 Å². The molecule has 0 spiro atoms. The van der Waals surface area contributed by atoms with Crippen LogP contribution in [0.1, 0.15) is 46.5 Å². The number of hydrogen-bond acceptors (Lipinski definition) is 3. The number of nitrogens with zero attached hydrogens (tertiary/aromatic N) is 2. The van der Waals surface area contributed by atoms with Crippen molar-refractivity contribution in [2.45, 2.75) is 46.5 Å². The van der Waals surface area contributed by atoms with E-state index in [1.54, 1.807) is 12.4 Å². The molecule has 0 saturated heterocycles. The van der Waals surface area contributed by atoms with Crippen molar-refractivity contribution in [3.05, 3.63) is 24.5 Å². The average molecular weight is 277 g/mol. The molecule has 1 amide bonds. The second-order valence-corrected chi connectivity index (χ2v) is 5.24. The molecule has 0 atom stereocenters. The molecule has 0 saturated carbocycles. The van der Waals surface area contributed by atoms with Crippen molar-refractivity contribution in [2.75, 3.05) is 18.0 Å². The highest BCUT2D eigenvalue weighted by Gasteiger charge is 2.38. The van der Waals surface area contributed by atoms with E-state index in [0.29, 0.717) is 13.1 Å². The van der Waals surface area contributed by atoms with Gasteiger partial charge in [0.05, 0.1) is 5.41 Å². The Kier molecular flexibility index (Phi) is 6.65. The van der Waals surface area contributed by atoms with Crippen LogP contribution in [0.5, 0.6) is 0 Å². The minimum Gasteiger partial charge on any atom is -0.329 e. The number of anilines is 1. The van der Waals surface area contributed by atoms with Gasteiger partial charge in [0, 0.05) is 31.2 Å². The standard InChI is InChI=1S/C16H27N3O/c1-4-9-16(13-17,10-5-2)15(20)19(6-3)14-7-11-18-12-8-14/h7-8,11-12H,4-6,9-10,13,17H2,1-3H3. The summed E-state index contributed by atoms with van der Waals surface area (Å²) in [4.78, 5) is 18.9. The van der Waals surface area contributed by atoms with Crippen LogP contribution in [-0.2, 0) is 4.79 Å². The molecular weight excluding hydrogens is 250 g/mol. The zero-order chi connectivity index (χ0) is 15.0. The lowest BCUT2D eigenvalue weighted by molar-refractivity contribution is -0.128. The van der Waals surface area contributed by atoms with Gasteiger partial charge >= 0.3 is 0 Å². The van der Waals surface area contributed by atoms with Crippen LogP contribution in [0.3, 0.4) is 0 Å². The van der Waals surface area contributed by atoms with Crippen molar-refractivity contribution in [1.82, 2.24) is 4.98 Å². The number of carbonyl (C=O) groups is 1. The molecule has 20 heavy (non-hydrogen) atoms. The molecule has 1 aromatic rings. The van der Waals surface area contributed by atoms with E-state index in [-0.39, 0.29) is 5.91 Å². The highest BCUT2D eigenvalue weighted by atomic mass is 16.2. The van der Waals surface area contributed by atoms with Crippen LogP contribution in [-0.4, -0.2) is 24.0 Å². The lowest BCUT2D eigenvalue weighted by Gasteiger charge is -2.36. The molecule has 0 bridgehead atoms. The van der Waals surface area contributed by atoms with Gasteiger partial charge < -0.3 is 10.6 Å². The van der Waals surface area contributed by atoms with E-state index < -0.39 is 5.41 Å². The van der Waals surface area contributed by atoms with Crippen LogP contribution in [0.25, 0.3) is 0 Å². The Morgan fingerprint density at radius 1 is 1.20 bits per heavy atom. The number of hydrogen-bond donors (Lipinski definition) is 1. The van der Waals surface area contributed by atoms with Gasteiger partial charge in [-0.3, -0.25) is 9.78 Å². The van der Waals surface area contributed by atoms with Gasteiger partial charge in [0.25, 0.3) is 0 Å². The van der Waals surface area contributed by atoms with Crippen LogP contribution in [0.15, 0.2) is 24.5 Å². The summed E-state index contributed by atoms with van der Waals surface area (Å²) in [6.07, 6.45) is 7.06. The van der Waals surface area contributed by atoms with Crippen LogP contribution in [0.4, 0.5) is 5.69 Å². The smallest absolute Gasteiger partial charge is 0.234 e. The van der Waals surface area contributed by atoms with Crippen LogP contribution in [0.2, 0.25) is 0 Å². The van der Waals surface area contributed by atoms with Gasteiger partial charge in [-0.25, -0.2) is 0 Å². The molecule has 4 nitrogen and oxygen atoms in total. The van der Waals surface area contributed by atoms with Crippen molar-refractivity contribution < 1.29 is 4.79 Å². The van der Waals surface area contributed by atoms with E-state index in [9.17, 15) is 4.79 Å². The summed E-state index contributed by atoms with van der Waals surface area (Å²) in [6.45, 7) is 7.27. The second kappa shape index (κ2) is 8.00. The molecule has 0 aliphatic rings. The highest BCUT2D eigenvalue weighted by molar-refractivity contribution is 5.97. The maximum Gasteiger partial charge on any atom is 0.234 e. The van der Waals surface area contributed by atoms with Gasteiger partial charge in [0.2, 0.25) is 5.91 Å². The number of pyridine rings is 1. The fourth-order valence-electron chi connectivity index (χ4n) is 2.84. The minimum atomic E-state index is -0.428. The number of carbonyl (C=O) groups excluding carboxylic acids is 1. The molecule has 1 aromatic heterocycles. The summed E-state index contributed by atoms with van der Waals surface area (Å²) in [5.41, 5.74) is 6.46. The van der Waals surface area contributed by atoms with E-state index in [4.69, 9.17) is 5.73 Å². The quantitative estimate of drug-likeness (QED) is 0.794. The molecule has 0 aliphatic carbocycles. The summed E-state index contributed by atoms with van der Waals surface area (Å²) in [5, 5.41) is 0. The van der Waals surface area contributed by atoms with Crippen molar-refractivity contribution in [1.29, 1.82) is 0 Å². The Hall–Kier alpha value is -1.42. The van der Waals surface area contributed by atoms with Gasteiger partial charge in [-0.1, -0.05) is 26.7 Å². The maximum absolute atomic E-state index is 13.0. The average Bonchev–Trinajstić information content (AvgIpc) is 2.48. The van der Waals surface area contributed by atoms with Gasteiger partial charge in [-0.2, -0.15) is 0 Å². The normalized spacial score (nSPS) is 11.4. The zero-order valence-electron chi connectivity index (χ0n) is 12.9.